The fourth-order valence-corrected chi connectivity index (χ4v) is 5.18. The average Bonchev–Trinajstić information content (AvgIpc) is 2.98. The van der Waals surface area contributed by atoms with Crippen molar-refractivity contribution in [3.8, 4) is 0 Å². The topological polar surface area (TPSA) is 15.6 Å². The fraction of sp³-hybridized carbons (Fsp3) is 0.452. The maximum atomic E-state index is 4.85. The molecule has 0 atom stereocenters. The summed E-state index contributed by atoms with van der Waals surface area (Å²) in [5, 5.41) is 0. The molecule has 4 rings (SSSR count). The molecule has 2 aliphatic rings. The summed E-state index contributed by atoms with van der Waals surface area (Å²) in [5.41, 5.74) is 9.67. The summed E-state index contributed by atoms with van der Waals surface area (Å²) in [7, 11) is 0. The molecule has 0 bridgehead atoms. The molecule has 174 valence electrons. The molecule has 2 aromatic rings. The van der Waals surface area contributed by atoms with Crippen molar-refractivity contribution in [2.24, 2.45) is 4.99 Å². The van der Waals surface area contributed by atoms with Gasteiger partial charge in [0.25, 0.3) is 0 Å². The van der Waals surface area contributed by atoms with Crippen molar-refractivity contribution in [2.45, 2.75) is 84.5 Å². The molecule has 0 fully saturated rings. The minimum absolute atomic E-state index is 0.0382. The number of hydrogen-bond acceptors (Lipinski definition) is 2. The van der Waals surface area contributed by atoms with E-state index in [-0.39, 0.29) is 16.2 Å². The monoisotopic (exact) mass is 440 g/mol. The lowest BCUT2D eigenvalue weighted by Crippen LogP contribution is -2.31. The molecule has 0 saturated heterocycles. The first-order valence-corrected chi connectivity index (χ1v) is 12.4. The number of fused-ring (bicyclic) bond motifs is 3. The molecule has 0 radical (unpaired) electrons. The molecule has 2 aromatic carbocycles. The Balaban J connectivity index is 1.64. The Morgan fingerprint density at radius 3 is 2.18 bits per heavy atom. The second-order valence-corrected chi connectivity index (χ2v) is 12.2. The average molecular weight is 441 g/mol. The first-order valence-electron chi connectivity index (χ1n) is 12.4. The third kappa shape index (κ3) is 4.58. The van der Waals surface area contributed by atoms with Crippen LogP contribution in [0.15, 0.2) is 70.9 Å². The number of rotatable bonds is 3. The lowest BCUT2D eigenvalue weighted by Gasteiger charge is -2.33. The highest BCUT2D eigenvalue weighted by Crippen LogP contribution is 2.50. The molecule has 0 N–H and O–H groups in total. The molecule has 2 nitrogen and oxygen atoms in total. The summed E-state index contributed by atoms with van der Waals surface area (Å²) in [4.78, 5) is 7.39. The van der Waals surface area contributed by atoms with Gasteiger partial charge in [-0.3, -0.25) is 4.99 Å². The lowest BCUT2D eigenvalue weighted by molar-refractivity contribution is 0.569. The van der Waals surface area contributed by atoms with Gasteiger partial charge in [0.1, 0.15) is 0 Å². The highest BCUT2D eigenvalue weighted by molar-refractivity contribution is 5.77. The van der Waals surface area contributed by atoms with Gasteiger partial charge in [0.2, 0.25) is 0 Å². The SMILES string of the molecule is CC(C)(C)c1cc(N=C/C=C\C2=C3N(CCC2)c2ccccc2C3(C)C)cc(C(C)(C)C)c1. The molecule has 2 aliphatic heterocycles. The number of benzene rings is 2. The Hall–Kier alpha value is -2.61. The van der Waals surface area contributed by atoms with Crippen LogP contribution in [0.4, 0.5) is 11.4 Å². The predicted molar refractivity (Wildman–Crippen MR) is 144 cm³/mol. The van der Waals surface area contributed by atoms with E-state index in [1.165, 1.54) is 40.1 Å². The van der Waals surface area contributed by atoms with Crippen molar-refractivity contribution in [1.29, 1.82) is 0 Å². The van der Waals surface area contributed by atoms with Crippen LogP contribution in [-0.4, -0.2) is 12.8 Å². The smallest absolute Gasteiger partial charge is 0.0635 e. The van der Waals surface area contributed by atoms with E-state index in [2.05, 4.69) is 115 Å². The molecule has 0 spiro atoms. The van der Waals surface area contributed by atoms with E-state index in [4.69, 9.17) is 4.99 Å². The van der Waals surface area contributed by atoms with Crippen LogP contribution in [0.1, 0.15) is 84.9 Å². The van der Waals surface area contributed by atoms with Crippen molar-refractivity contribution in [3.05, 3.63) is 82.6 Å². The van der Waals surface area contributed by atoms with Gasteiger partial charge in [-0.2, -0.15) is 0 Å². The molecule has 2 heterocycles. The summed E-state index contributed by atoms with van der Waals surface area (Å²) < 4.78 is 0. The van der Waals surface area contributed by atoms with Crippen molar-refractivity contribution >= 4 is 17.6 Å². The first-order chi connectivity index (χ1) is 15.4. The number of allylic oxidation sites excluding steroid dienone is 4. The summed E-state index contributed by atoms with van der Waals surface area (Å²) in [6, 6.07) is 15.7. The van der Waals surface area contributed by atoms with E-state index >= 15 is 0 Å². The molecule has 2 heteroatoms. The van der Waals surface area contributed by atoms with Crippen molar-refractivity contribution in [2.75, 3.05) is 11.4 Å². The molecule has 0 saturated carbocycles. The predicted octanol–water partition coefficient (Wildman–Crippen LogP) is 8.39. The molecule has 0 unspecified atom stereocenters. The standard InChI is InChI=1S/C31H40N2/c1-29(2,3)23-19-24(30(4,5)6)21-25(20-23)32-17-11-13-22-14-12-18-33-27-16-10-9-15-26(27)31(7,8)28(22)33/h9-11,13,15-17,19-21H,12,14,18H2,1-8H3/b13-11-,32-17?. The second kappa shape index (κ2) is 8.31. The van der Waals surface area contributed by atoms with Gasteiger partial charge in [0, 0.05) is 29.6 Å². The largest absolute Gasteiger partial charge is 0.344 e. The van der Waals surface area contributed by atoms with Gasteiger partial charge >= 0.3 is 0 Å². The highest BCUT2D eigenvalue weighted by Gasteiger charge is 2.42. The van der Waals surface area contributed by atoms with Crippen LogP contribution in [-0.2, 0) is 16.2 Å². The molecule has 0 aromatic heterocycles. The van der Waals surface area contributed by atoms with Crippen molar-refractivity contribution in [1.82, 2.24) is 0 Å². The van der Waals surface area contributed by atoms with Gasteiger partial charge in [-0.05, 0) is 70.2 Å². The van der Waals surface area contributed by atoms with Gasteiger partial charge in [-0.1, -0.05) is 85.7 Å². The van der Waals surface area contributed by atoms with Gasteiger partial charge in [-0.15, -0.1) is 0 Å². The van der Waals surface area contributed by atoms with Crippen molar-refractivity contribution in [3.63, 3.8) is 0 Å². The second-order valence-electron chi connectivity index (χ2n) is 12.2. The summed E-state index contributed by atoms with van der Waals surface area (Å²) >= 11 is 0. The van der Waals surface area contributed by atoms with E-state index < -0.39 is 0 Å². The van der Waals surface area contributed by atoms with Gasteiger partial charge in [-0.25, -0.2) is 0 Å². The third-order valence-corrected chi connectivity index (χ3v) is 7.12. The van der Waals surface area contributed by atoms with E-state index in [1.807, 2.05) is 6.21 Å². The van der Waals surface area contributed by atoms with Crippen LogP contribution < -0.4 is 4.90 Å². The molecular weight excluding hydrogens is 400 g/mol. The third-order valence-electron chi connectivity index (χ3n) is 7.12. The van der Waals surface area contributed by atoms with Gasteiger partial charge in [0.05, 0.1) is 5.69 Å². The molecular formula is C31H40N2. The van der Waals surface area contributed by atoms with E-state index in [0.29, 0.717) is 0 Å². The van der Waals surface area contributed by atoms with Crippen LogP contribution >= 0.6 is 0 Å². The van der Waals surface area contributed by atoms with E-state index in [1.54, 1.807) is 0 Å². The first kappa shape index (κ1) is 23.5. The number of aliphatic imine (C=N–C) groups is 1. The quantitative estimate of drug-likeness (QED) is 0.438. The maximum Gasteiger partial charge on any atom is 0.0635 e. The highest BCUT2D eigenvalue weighted by atomic mass is 15.2. The number of para-hydroxylation sites is 1. The zero-order chi connectivity index (χ0) is 24.0. The van der Waals surface area contributed by atoms with Crippen LogP contribution in [0.25, 0.3) is 0 Å². The number of anilines is 1. The van der Waals surface area contributed by atoms with Crippen LogP contribution in [0.3, 0.4) is 0 Å². The van der Waals surface area contributed by atoms with E-state index in [0.717, 1.165) is 18.7 Å². The zero-order valence-corrected chi connectivity index (χ0v) is 21.8. The molecule has 0 amide bonds. The zero-order valence-electron chi connectivity index (χ0n) is 21.8. The van der Waals surface area contributed by atoms with Crippen LogP contribution in [0.2, 0.25) is 0 Å². The number of hydrogen-bond donors (Lipinski definition) is 0. The molecule has 33 heavy (non-hydrogen) atoms. The lowest BCUT2D eigenvalue weighted by atomic mass is 9.80. The minimum atomic E-state index is 0.0382. The summed E-state index contributed by atoms with van der Waals surface area (Å²) in [5.74, 6) is 0. The normalized spacial score (nSPS) is 18.4. The maximum absolute atomic E-state index is 4.85. The van der Waals surface area contributed by atoms with Crippen molar-refractivity contribution < 1.29 is 0 Å². The molecule has 0 aliphatic carbocycles. The Morgan fingerprint density at radius 1 is 0.909 bits per heavy atom. The van der Waals surface area contributed by atoms with E-state index in [9.17, 15) is 0 Å². The van der Waals surface area contributed by atoms with Gasteiger partial charge < -0.3 is 4.90 Å². The summed E-state index contributed by atoms with van der Waals surface area (Å²) in [6.07, 6.45) is 8.70. The fourth-order valence-electron chi connectivity index (χ4n) is 5.18. The Kier molecular flexibility index (Phi) is 5.93. The summed E-state index contributed by atoms with van der Waals surface area (Å²) in [6.45, 7) is 19.5. The van der Waals surface area contributed by atoms with Crippen LogP contribution in [0.5, 0.6) is 0 Å². The Labute approximate surface area is 201 Å². The Morgan fingerprint density at radius 2 is 1.55 bits per heavy atom. The van der Waals surface area contributed by atoms with Gasteiger partial charge in [0.15, 0.2) is 0 Å². The van der Waals surface area contributed by atoms with Crippen LogP contribution in [0, 0.1) is 0 Å². The minimum Gasteiger partial charge on any atom is -0.344 e. The Bertz CT molecular complexity index is 1100. The number of nitrogens with zero attached hydrogens (tertiary/aromatic N) is 2.